The molecule has 2 aliphatic rings. The monoisotopic (exact) mass is 350 g/mol. The summed E-state index contributed by atoms with van der Waals surface area (Å²) in [7, 11) is 0. The number of benzene rings is 2. The van der Waals surface area contributed by atoms with Crippen molar-refractivity contribution in [1.82, 2.24) is 10.2 Å². The standard InChI is InChI=1S/C23H30N2O/c1-3-8-19(9-4-1)22-18-23(22)24-20-12-15-25(16-13-20)14-7-17-26-21-10-5-2-6-11-21/h1-6,8-11,20,22-24H,7,12-18H2/t22-,23+/m0/s1. The molecule has 1 heterocycles. The predicted octanol–water partition coefficient (Wildman–Crippen LogP) is 4.07. The molecule has 3 heteroatoms. The lowest BCUT2D eigenvalue weighted by Gasteiger charge is -2.32. The van der Waals surface area contributed by atoms with Gasteiger partial charge in [-0.25, -0.2) is 0 Å². The van der Waals surface area contributed by atoms with Crippen LogP contribution in [0.1, 0.15) is 37.2 Å². The second-order valence-corrected chi connectivity index (χ2v) is 7.66. The number of hydrogen-bond acceptors (Lipinski definition) is 3. The van der Waals surface area contributed by atoms with Crippen LogP contribution in [0.5, 0.6) is 5.75 Å². The molecule has 0 amide bonds. The first-order valence-corrected chi connectivity index (χ1v) is 10.1. The lowest BCUT2D eigenvalue weighted by atomic mass is 10.0. The van der Waals surface area contributed by atoms with Gasteiger partial charge in [0.1, 0.15) is 5.75 Å². The first-order valence-electron chi connectivity index (χ1n) is 10.1. The average Bonchev–Trinajstić information content (AvgIpc) is 3.47. The summed E-state index contributed by atoms with van der Waals surface area (Å²) in [6, 6.07) is 22.5. The van der Waals surface area contributed by atoms with Gasteiger partial charge in [-0.15, -0.1) is 0 Å². The fourth-order valence-corrected chi connectivity index (χ4v) is 4.07. The smallest absolute Gasteiger partial charge is 0.119 e. The van der Waals surface area contributed by atoms with Crippen LogP contribution in [0, 0.1) is 0 Å². The minimum Gasteiger partial charge on any atom is -0.494 e. The van der Waals surface area contributed by atoms with Crippen LogP contribution >= 0.6 is 0 Å². The molecule has 4 rings (SSSR count). The molecule has 2 aromatic carbocycles. The van der Waals surface area contributed by atoms with Crippen LogP contribution in [0.15, 0.2) is 60.7 Å². The molecule has 138 valence electrons. The Morgan fingerprint density at radius 2 is 1.62 bits per heavy atom. The van der Waals surface area contributed by atoms with Crippen LogP contribution in [0.25, 0.3) is 0 Å². The van der Waals surface area contributed by atoms with E-state index in [-0.39, 0.29) is 0 Å². The zero-order valence-corrected chi connectivity index (χ0v) is 15.5. The molecule has 1 aliphatic heterocycles. The highest BCUT2D eigenvalue weighted by Crippen LogP contribution is 2.41. The van der Waals surface area contributed by atoms with Gasteiger partial charge in [0.25, 0.3) is 0 Å². The minimum absolute atomic E-state index is 0.700. The Labute approximate surface area is 157 Å². The normalized spacial score (nSPS) is 23.7. The highest BCUT2D eigenvalue weighted by Gasteiger charge is 2.39. The molecule has 26 heavy (non-hydrogen) atoms. The Hall–Kier alpha value is -1.84. The van der Waals surface area contributed by atoms with Crippen molar-refractivity contribution in [1.29, 1.82) is 0 Å². The van der Waals surface area contributed by atoms with E-state index in [1.807, 2.05) is 30.3 Å². The van der Waals surface area contributed by atoms with Crippen molar-refractivity contribution in [3.8, 4) is 5.75 Å². The summed E-state index contributed by atoms with van der Waals surface area (Å²) in [6.45, 7) is 4.39. The lowest BCUT2D eigenvalue weighted by molar-refractivity contribution is 0.181. The minimum atomic E-state index is 0.700. The fraction of sp³-hybridized carbons (Fsp3) is 0.478. The van der Waals surface area contributed by atoms with Gasteiger partial charge in [-0.2, -0.15) is 0 Å². The number of ether oxygens (including phenoxy) is 1. The maximum absolute atomic E-state index is 5.79. The molecule has 0 spiro atoms. The summed E-state index contributed by atoms with van der Waals surface area (Å²) >= 11 is 0. The van der Waals surface area contributed by atoms with E-state index in [1.165, 1.54) is 37.9 Å². The van der Waals surface area contributed by atoms with Crippen molar-refractivity contribution < 1.29 is 4.74 Å². The lowest BCUT2D eigenvalue weighted by Crippen LogP contribution is -2.43. The largest absolute Gasteiger partial charge is 0.494 e. The molecular weight excluding hydrogens is 320 g/mol. The quantitative estimate of drug-likeness (QED) is 0.727. The van der Waals surface area contributed by atoms with Gasteiger partial charge in [-0.05, 0) is 56.5 Å². The third-order valence-electron chi connectivity index (χ3n) is 5.69. The third kappa shape index (κ3) is 4.87. The molecule has 0 radical (unpaired) electrons. The van der Waals surface area contributed by atoms with Gasteiger partial charge >= 0.3 is 0 Å². The highest BCUT2D eigenvalue weighted by atomic mass is 16.5. The topological polar surface area (TPSA) is 24.5 Å². The van der Waals surface area contributed by atoms with Crippen LogP contribution in [0.2, 0.25) is 0 Å². The van der Waals surface area contributed by atoms with Gasteiger partial charge in [0.15, 0.2) is 0 Å². The van der Waals surface area contributed by atoms with Crippen molar-refractivity contribution in [2.24, 2.45) is 0 Å². The summed E-state index contributed by atoms with van der Waals surface area (Å²) in [5, 5.41) is 3.90. The van der Waals surface area contributed by atoms with E-state index in [0.717, 1.165) is 31.2 Å². The summed E-state index contributed by atoms with van der Waals surface area (Å²) in [6.07, 6.45) is 4.96. The highest BCUT2D eigenvalue weighted by molar-refractivity contribution is 5.27. The van der Waals surface area contributed by atoms with Gasteiger partial charge in [0, 0.05) is 24.5 Å². The molecule has 2 fully saturated rings. The third-order valence-corrected chi connectivity index (χ3v) is 5.69. The van der Waals surface area contributed by atoms with Gasteiger partial charge in [-0.3, -0.25) is 0 Å². The van der Waals surface area contributed by atoms with E-state index >= 15 is 0 Å². The van der Waals surface area contributed by atoms with Crippen LogP contribution < -0.4 is 10.1 Å². The van der Waals surface area contributed by atoms with Gasteiger partial charge < -0.3 is 15.0 Å². The molecule has 1 saturated heterocycles. The Kier molecular flexibility index (Phi) is 5.88. The Balaban J connectivity index is 1.10. The van der Waals surface area contributed by atoms with Crippen molar-refractivity contribution in [2.45, 2.75) is 43.7 Å². The van der Waals surface area contributed by atoms with E-state index in [2.05, 4.69) is 40.5 Å². The first-order chi connectivity index (χ1) is 12.9. The number of hydrogen-bond donors (Lipinski definition) is 1. The average molecular weight is 351 g/mol. The van der Waals surface area contributed by atoms with Crippen molar-refractivity contribution in [2.75, 3.05) is 26.2 Å². The van der Waals surface area contributed by atoms with Crippen molar-refractivity contribution >= 4 is 0 Å². The van der Waals surface area contributed by atoms with E-state index in [9.17, 15) is 0 Å². The van der Waals surface area contributed by atoms with E-state index in [4.69, 9.17) is 4.74 Å². The Bertz CT molecular complexity index is 652. The molecule has 2 atom stereocenters. The molecule has 0 unspecified atom stereocenters. The zero-order valence-electron chi connectivity index (χ0n) is 15.5. The molecule has 1 N–H and O–H groups in total. The Morgan fingerprint density at radius 3 is 2.35 bits per heavy atom. The number of piperidine rings is 1. The second-order valence-electron chi connectivity index (χ2n) is 7.66. The molecule has 0 bridgehead atoms. The molecule has 3 nitrogen and oxygen atoms in total. The molecule has 2 aromatic rings. The van der Waals surface area contributed by atoms with Crippen LogP contribution in [0.3, 0.4) is 0 Å². The van der Waals surface area contributed by atoms with Crippen molar-refractivity contribution in [3.63, 3.8) is 0 Å². The fourth-order valence-electron chi connectivity index (χ4n) is 4.07. The van der Waals surface area contributed by atoms with E-state index in [0.29, 0.717) is 12.1 Å². The molecule has 1 saturated carbocycles. The van der Waals surface area contributed by atoms with Crippen LogP contribution in [-0.2, 0) is 0 Å². The Morgan fingerprint density at radius 1 is 0.923 bits per heavy atom. The van der Waals surface area contributed by atoms with Gasteiger partial charge in [0.05, 0.1) is 6.61 Å². The maximum atomic E-state index is 5.79. The van der Waals surface area contributed by atoms with Crippen LogP contribution in [-0.4, -0.2) is 43.2 Å². The van der Waals surface area contributed by atoms with E-state index in [1.54, 1.807) is 0 Å². The first kappa shape index (κ1) is 17.6. The van der Waals surface area contributed by atoms with Gasteiger partial charge in [-0.1, -0.05) is 48.5 Å². The second kappa shape index (κ2) is 8.70. The summed E-state index contributed by atoms with van der Waals surface area (Å²) in [5.41, 5.74) is 1.50. The predicted molar refractivity (Wildman–Crippen MR) is 107 cm³/mol. The van der Waals surface area contributed by atoms with Gasteiger partial charge in [0.2, 0.25) is 0 Å². The zero-order chi connectivity index (χ0) is 17.6. The summed E-state index contributed by atoms with van der Waals surface area (Å²) in [4.78, 5) is 2.59. The number of nitrogens with zero attached hydrogens (tertiary/aromatic N) is 1. The number of rotatable bonds is 8. The number of nitrogens with one attached hydrogen (secondary N) is 1. The van der Waals surface area contributed by atoms with Crippen molar-refractivity contribution in [3.05, 3.63) is 66.2 Å². The number of para-hydroxylation sites is 1. The summed E-state index contributed by atoms with van der Waals surface area (Å²) in [5.74, 6) is 1.72. The maximum Gasteiger partial charge on any atom is 0.119 e. The van der Waals surface area contributed by atoms with E-state index < -0.39 is 0 Å². The van der Waals surface area contributed by atoms with Crippen LogP contribution in [0.4, 0.5) is 0 Å². The SMILES string of the molecule is c1ccc(OCCCN2CCC(N[C@@H]3C[C@H]3c3ccccc3)CC2)cc1. The molecule has 0 aromatic heterocycles. The number of likely N-dealkylation sites (tertiary alicyclic amines) is 1. The summed E-state index contributed by atoms with van der Waals surface area (Å²) < 4.78 is 5.79. The molecular formula is C23H30N2O. The molecule has 1 aliphatic carbocycles.